The van der Waals surface area contributed by atoms with E-state index in [1.54, 1.807) is 12.4 Å². The highest BCUT2D eigenvalue weighted by Crippen LogP contribution is 2.12. The topological polar surface area (TPSA) is 48.3 Å². The fourth-order valence-corrected chi connectivity index (χ4v) is 1.93. The van der Waals surface area contributed by atoms with Crippen LogP contribution in [0.25, 0.3) is 0 Å². The third kappa shape index (κ3) is 2.30. The van der Waals surface area contributed by atoms with Gasteiger partial charge in [0.25, 0.3) is 0 Å². The average molecular weight is 208 g/mol. The molecule has 2 aliphatic rings. The molecule has 15 heavy (non-hydrogen) atoms. The molecule has 2 rings (SSSR count). The monoisotopic (exact) mass is 208 g/mol. The van der Waals surface area contributed by atoms with Gasteiger partial charge in [-0.15, -0.1) is 0 Å². The van der Waals surface area contributed by atoms with Crippen molar-refractivity contribution in [1.29, 1.82) is 0 Å². The zero-order valence-electron chi connectivity index (χ0n) is 8.91. The van der Waals surface area contributed by atoms with Gasteiger partial charge in [0.1, 0.15) is 18.5 Å². The standard InChI is InChI=1S/C10H16N4O/c1-13-4-6-14(7-5-13)10-9(8-15)11-2-3-12-10/h2-3,8-10H,4-7H2,1H3. The normalized spacial score (nSPS) is 33.1. The minimum absolute atomic E-state index is 0.0822. The molecule has 0 aromatic rings. The van der Waals surface area contributed by atoms with Crippen molar-refractivity contribution >= 4 is 18.7 Å². The van der Waals surface area contributed by atoms with E-state index in [2.05, 4.69) is 26.8 Å². The summed E-state index contributed by atoms with van der Waals surface area (Å²) in [5.41, 5.74) is 0. The second-order valence-corrected chi connectivity index (χ2v) is 3.98. The molecule has 1 fully saturated rings. The van der Waals surface area contributed by atoms with E-state index in [1.807, 2.05) is 0 Å². The van der Waals surface area contributed by atoms with Crippen molar-refractivity contribution < 1.29 is 4.79 Å². The number of likely N-dealkylation sites (N-methyl/N-ethyl adjacent to an activating group) is 1. The van der Waals surface area contributed by atoms with Crippen molar-refractivity contribution in [3.8, 4) is 0 Å². The molecular weight excluding hydrogens is 192 g/mol. The zero-order chi connectivity index (χ0) is 10.7. The first-order chi connectivity index (χ1) is 7.31. The number of carbonyl (C=O) groups is 1. The Labute approximate surface area is 89.5 Å². The quantitative estimate of drug-likeness (QED) is 0.563. The van der Waals surface area contributed by atoms with Gasteiger partial charge in [0, 0.05) is 38.6 Å². The molecule has 2 heterocycles. The molecule has 0 aliphatic carbocycles. The Kier molecular flexibility index (Phi) is 3.23. The predicted molar refractivity (Wildman–Crippen MR) is 59.7 cm³/mol. The summed E-state index contributed by atoms with van der Waals surface area (Å²) in [7, 11) is 2.11. The summed E-state index contributed by atoms with van der Waals surface area (Å²) < 4.78 is 0. The van der Waals surface area contributed by atoms with Crippen LogP contribution >= 0.6 is 0 Å². The molecule has 0 aromatic heterocycles. The van der Waals surface area contributed by atoms with Gasteiger partial charge in [-0.2, -0.15) is 0 Å². The van der Waals surface area contributed by atoms with Crippen LogP contribution in [0.4, 0.5) is 0 Å². The van der Waals surface area contributed by atoms with Crippen molar-refractivity contribution in [2.45, 2.75) is 12.2 Å². The lowest BCUT2D eigenvalue weighted by molar-refractivity contribution is -0.110. The molecule has 2 unspecified atom stereocenters. The van der Waals surface area contributed by atoms with E-state index in [0.29, 0.717) is 0 Å². The number of hydrogen-bond donors (Lipinski definition) is 0. The number of rotatable bonds is 2. The summed E-state index contributed by atoms with van der Waals surface area (Å²) in [6, 6.07) is -0.321. The van der Waals surface area contributed by atoms with Crippen LogP contribution in [0.3, 0.4) is 0 Å². The molecule has 0 N–H and O–H groups in total. The Morgan fingerprint density at radius 2 is 1.87 bits per heavy atom. The van der Waals surface area contributed by atoms with Crippen molar-refractivity contribution in [2.75, 3.05) is 33.2 Å². The Bertz CT molecular complexity index is 281. The highest BCUT2D eigenvalue weighted by atomic mass is 16.1. The van der Waals surface area contributed by atoms with E-state index in [0.717, 1.165) is 32.5 Å². The lowest BCUT2D eigenvalue weighted by Crippen LogP contribution is -2.52. The van der Waals surface area contributed by atoms with E-state index < -0.39 is 0 Å². The van der Waals surface area contributed by atoms with E-state index in [1.165, 1.54) is 0 Å². The average Bonchev–Trinajstić information content (AvgIpc) is 2.30. The summed E-state index contributed by atoms with van der Waals surface area (Å²) in [5, 5.41) is 0. The van der Waals surface area contributed by atoms with Crippen LogP contribution in [0.2, 0.25) is 0 Å². The highest BCUT2D eigenvalue weighted by molar-refractivity contribution is 6.17. The molecule has 82 valence electrons. The lowest BCUT2D eigenvalue weighted by Gasteiger charge is -2.37. The molecule has 0 saturated carbocycles. The summed E-state index contributed by atoms with van der Waals surface area (Å²) in [4.78, 5) is 23.8. The molecule has 2 atom stereocenters. The van der Waals surface area contributed by atoms with E-state index in [-0.39, 0.29) is 12.2 Å². The van der Waals surface area contributed by atoms with Crippen LogP contribution in [-0.4, -0.2) is 73.9 Å². The van der Waals surface area contributed by atoms with Crippen molar-refractivity contribution in [3.05, 3.63) is 0 Å². The molecule has 0 amide bonds. The van der Waals surface area contributed by atoms with Crippen molar-refractivity contribution in [2.24, 2.45) is 9.98 Å². The number of nitrogens with zero attached hydrogens (tertiary/aromatic N) is 4. The van der Waals surface area contributed by atoms with Gasteiger partial charge < -0.3 is 9.69 Å². The second-order valence-electron chi connectivity index (χ2n) is 3.98. The largest absolute Gasteiger partial charge is 0.304 e. The Morgan fingerprint density at radius 3 is 2.53 bits per heavy atom. The highest BCUT2D eigenvalue weighted by Gasteiger charge is 2.29. The van der Waals surface area contributed by atoms with E-state index in [9.17, 15) is 4.79 Å². The van der Waals surface area contributed by atoms with Crippen molar-refractivity contribution in [1.82, 2.24) is 9.80 Å². The van der Waals surface area contributed by atoms with Gasteiger partial charge >= 0.3 is 0 Å². The third-order valence-electron chi connectivity index (χ3n) is 2.92. The molecule has 5 heteroatoms. The summed E-state index contributed by atoms with van der Waals surface area (Å²) in [6.07, 6.45) is 4.09. The van der Waals surface area contributed by atoms with Gasteiger partial charge in [0.15, 0.2) is 0 Å². The minimum Gasteiger partial charge on any atom is -0.304 e. The first-order valence-corrected chi connectivity index (χ1v) is 5.24. The van der Waals surface area contributed by atoms with Crippen LogP contribution < -0.4 is 0 Å². The lowest BCUT2D eigenvalue weighted by atomic mass is 10.2. The molecule has 1 saturated heterocycles. The van der Waals surface area contributed by atoms with E-state index in [4.69, 9.17) is 0 Å². The van der Waals surface area contributed by atoms with Crippen LogP contribution in [0.1, 0.15) is 0 Å². The molecule has 0 aromatic carbocycles. The number of piperazine rings is 1. The molecular formula is C10H16N4O. The fraction of sp³-hybridized carbons (Fsp3) is 0.700. The minimum atomic E-state index is -0.321. The van der Waals surface area contributed by atoms with Crippen LogP contribution in [0, 0.1) is 0 Å². The molecule has 0 spiro atoms. The van der Waals surface area contributed by atoms with Gasteiger partial charge in [-0.1, -0.05) is 0 Å². The fourth-order valence-electron chi connectivity index (χ4n) is 1.93. The van der Waals surface area contributed by atoms with Gasteiger partial charge in [0.05, 0.1) is 0 Å². The first-order valence-electron chi connectivity index (χ1n) is 5.24. The molecule has 2 aliphatic heterocycles. The molecule has 0 bridgehead atoms. The van der Waals surface area contributed by atoms with Crippen LogP contribution in [0.15, 0.2) is 9.98 Å². The maximum Gasteiger partial charge on any atom is 0.148 e. The Morgan fingerprint density at radius 1 is 1.20 bits per heavy atom. The Balaban J connectivity index is 2.00. The predicted octanol–water partition coefficient (Wildman–Crippen LogP) is -0.717. The van der Waals surface area contributed by atoms with Gasteiger partial charge in [0.2, 0.25) is 0 Å². The maximum atomic E-state index is 10.9. The SMILES string of the molecule is CN1CCN(C2N=CC=NC2C=O)CC1. The number of aliphatic imine (C=N–C) groups is 2. The zero-order valence-corrected chi connectivity index (χ0v) is 8.91. The third-order valence-corrected chi connectivity index (χ3v) is 2.92. The number of carbonyl (C=O) groups excluding carboxylic acids is 1. The Hall–Kier alpha value is -1.07. The van der Waals surface area contributed by atoms with E-state index >= 15 is 0 Å². The van der Waals surface area contributed by atoms with Crippen LogP contribution in [-0.2, 0) is 4.79 Å². The van der Waals surface area contributed by atoms with Crippen LogP contribution in [0.5, 0.6) is 0 Å². The summed E-state index contributed by atoms with van der Waals surface area (Å²) in [6.45, 7) is 3.97. The second kappa shape index (κ2) is 4.63. The van der Waals surface area contributed by atoms with Gasteiger partial charge in [-0.05, 0) is 7.05 Å². The molecule has 0 radical (unpaired) electrons. The molecule has 5 nitrogen and oxygen atoms in total. The summed E-state index contributed by atoms with van der Waals surface area (Å²) >= 11 is 0. The van der Waals surface area contributed by atoms with Gasteiger partial charge in [-0.3, -0.25) is 14.9 Å². The first kappa shape index (κ1) is 10.4. The van der Waals surface area contributed by atoms with Gasteiger partial charge in [-0.25, -0.2) is 0 Å². The smallest absolute Gasteiger partial charge is 0.148 e. The van der Waals surface area contributed by atoms with Crippen molar-refractivity contribution in [3.63, 3.8) is 0 Å². The maximum absolute atomic E-state index is 10.9. The number of hydrogen-bond acceptors (Lipinski definition) is 5. The number of aldehydes is 1. The summed E-state index contributed by atoms with van der Waals surface area (Å²) in [5.74, 6) is 0.